The van der Waals surface area contributed by atoms with Gasteiger partial charge in [0.05, 0.1) is 19.3 Å². The number of allylic oxidation sites excluding steroid dienone is 1. The van der Waals surface area contributed by atoms with E-state index in [-0.39, 0.29) is 6.04 Å². The molecule has 0 aromatic carbocycles. The molecule has 2 heterocycles. The fourth-order valence-electron chi connectivity index (χ4n) is 2.29. The Morgan fingerprint density at radius 3 is 3.29 bits per heavy atom. The van der Waals surface area contributed by atoms with Crippen LogP contribution < -0.4 is 5.32 Å². The molecule has 0 saturated carbocycles. The fraction of sp³-hybridized carbons (Fsp3) is 0.455. The maximum absolute atomic E-state index is 9.69. The van der Waals surface area contributed by atoms with E-state index in [4.69, 9.17) is 4.74 Å². The number of ether oxygens (including phenoxy) is 1. The van der Waals surface area contributed by atoms with Crippen LogP contribution in [0.5, 0.6) is 0 Å². The predicted octanol–water partition coefficient (Wildman–Crippen LogP) is 1.06. The highest BCUT2D eigenvalue weighted by Gasteiger charge is 2.32. The minimum atomic E-state index is 0.274. The van der Waals surface area contributed by atoms with Gasteiger partial charge in [0, 0.05) is 11.6 Å². The molecular formula is C11H13NO2. The van der Waals surface area contributed by atoms with Crippen LogP contribution in [0.25, 0.3) is 0 Å². The second-order valence-electron chi connectivity index (χ2n) is 3.98. The Bertz CT molecular complexity index is 354. The molecule has 0 aromatic heterocycles. The minimum absolute atomic E-state index is 0.274. The highest BCUT2D eigenvalue weighted by atomic mass is 16.5. The van der Waals surface area contributed by atoms with Crippen LogP contribution in [0.1, 0.15) is 6.42 Å². The van der Waals surface area contributed by atoms with Crippen LogP contribution >= 0.6 is 0 Å². The Hall–Kier alpha value is -1.06. The van der Waals surface area contributed by atoms with E-state index in [2.05, 4.69) is 11.4 Å². The van der Waals surface area contributed by atoms with Gasteiger partial charge in [-0.05, 0) is 18.1 Å². The van der Waals surface area contributed by atoms with E-state index in [0.29, 0.717) is 18.4 Å². The number of aliphatic hydroxyl groups excluding tert-OH is 1. The second-order valence-corrected chi connectivity index (χ2v) is 3.98. The number of aliphatic hydroxyl groups is 1. The Morgan fingerprint density at radius 2 is 2.36 bits per heavy atom. The van der Waals surface area contributed by atoms with Gasteiger partial charge in [-0.1, -0.05) is 12.2 Å². The fourth-order valence-corrected chi connectivity index (χ4v) is 2.29. The normalized spacial score (nSPS) is 35.3. The van der Waals surface area contributed by atoms with Gasteiger partial charge in [0.25, 0.3) is 0 Å². The van der Waals surface area contributed by atoms with Crippen LogP contribution in [0.3, 0.4) is 0 Å². The van der Waals surface area contributed by atoms with Gasteiger partial charge in [-0.2, -0.15) is 0 Å². The third-order valence-electron chi connectivity index (χ3n) is 3.06. The average molecular weight is 191 g/mol. The van der Waals surface area contributed by atoms with Crippen molar-refractivity contribution in [3.05, 3.63) is 35.1 Å². The van der Waals surface area contributed by atoms with Crippen molar-refractivity contribution in [2.75, 3.05) is 13.2 Å². The molecule has 1 saturated heterocycles. The highest BCUT2D eigenvalue weighted by Crippen LogP contribution is 2.28. The first-order valence-corrected chi connectivity index (χ1v) is 4.98. The van der Waals surface area contributed by atoms with Gasteiger partial charge in [-0.3, -0.25) is 0 Å². The number of fused-ring (bicyclic) bond motifs is 2. The van der Waals surface area contributed by atoms with E-state index in [1.165, 1.54) is 5.57 Å². The summed E-state index contributed by atoms with van der Waals surface area (Å²) in [4.78, 5) is 0. The van der Waals surface area contributed by atoms with Crippen molar-refractivity contribution >= 4 is 0 Å². The van der Waals surface area contributed by atoms with Crippen molar-refractivity contribution in [3.8, 4) is 0 Å². The second kappa shape index (κ2) is 2.97. The van der Waals surface area contributed by atoms with Crippen molar-refractivity contribution in [2.24, 2.45) is 0 Å². The maximum Gasteiger partial charge on any atom is 0.120 e. The number of hydrogen-bond acceptors (Lipinski definition) is 3. The highest BCUT2D eigenvalue weighted by molar-refractivity contribution is 5.43. The summed E-state index contributed by atoms with van der Waals surface area (Å²) in [6.45, 7) is 1.46. The molecule has 0 radical (unpaired) electrons. The first kappa shape index (κ1) is 8.26. The van der Waals surface area contributed by atoms with Gasteiger partial charge < -0.3 is 15.2 Å². The topological polar surface area (TPSA) is 41.5 Å². The summed E-state index contributed by atoms with van der Waals surface area (Å²) in [6.07, 6.45) is 6.84. The van der Waals surface area contributed by atoms with Crippen molar-refractivity contribution in [1.29, 1.82) is 0 Å². The maximum atomic E-state index is 9.69. The van der Waals surface area contributed by atoms with Gasteiger partial charge >= 0.3 is 0 Å². The van der Waals surface area contributed by atoms with E-state index >= 15 is 0 Å². The Labute approximate surface area is 82.8 Å². The largest absolute Gasteiger partial charge is 0.508 e. The lowest BCUT2D eigenvalue weighted by Crippen LogP contribution is -2.44. The lowest BCUT2D eigenvalue weighted by Gasteiger charge is -2.30. The zero-order valence-electron chi connectivity index (χ0n) is 7.86. The number of rotatable bonds is 0. The lowest BCUT2D eigenvalue weighted by molar-refractivity contribution is 0.192. The molecule has 2 aliphatic heterocycles. The summed E-state index contributed by atoms with van der Waals surface area (Å²) in [7, 11) is 0. The van der Waals surface area contributed by atoms with E-state index < -0.39 is 0 Å². The summed E-state index contributed by atoms with van der Waals surface area (Å²) in [5.41, 5.74) is 2.28. The SMILES string of the molecule is OC1=C2C=C3COCC3NC2CC=C1. The monoisotopic (exact) mass is 191 g/mol. The van der Waals surface area contributed by atoms with Crippen molar-refractivity contribution < 1.29 is 9.84 Å². The molecule has 2 atom stereocenters. The summed E-state index contributed by atoms with van der Waals surface area (Å²) in [6, 6.07) is 0.637. The molecule has 0 aromatic rings. The van der Waals surface area contributed by atoms with E-state index in [9.17, 15) is 5.11 Å². The predicted molar refractivity (Wildman–Crippen MR) is 53.0 cm³/mol. The van der Waals surface area contributed by atoms with Crippen molar-refractivity contribution in [3.63, 3.8) is 0 Å². The molecule has 0 spiro atoms. The van der Waals surface area contributed by atoms with E-state index in [0.717, 1.165) is 18.6 Å². The lowest BCUT2D eigenvalue weighted by atomic mass is 9.89. The summed E-state index contributed by atoms with van der Waals surface area (Å²) in [5.74, 6) is 0.395. The molecular weight excluding hydrogens is 178 g/mol. The molecule has 1 fully saturated rings. The minimum Gasteiger partial charge on any atom is -0.508 e. The molecule has 1 aliphatic carbocycles. The first-order valence-electron chi connectivity index (χ1n) is 4.98. The Morgan fingerprint density at radius 1 is 1.43 bits per heavy atom. The molecule has 3 aliphatic rings. The third-order valence-corrected chi connectivity index (χ3v) is 3.06. The zero-order chi connectivity index (χ0) is 9.54. The standard InChI is InChI=1S/C11H13NO2/c13-11-3-1-2-9-8(11)4-7-5-14-6-10(7)12-9/h1,3-4,9-10,12-13H,2,5-6H2. The van der Waals surface area contributed by atoms with E-state index in [1.807, 2.05) is 6.08 Å². The van der Waals surface area contributed by atoms with Gasteiger partial charge in [-0.15, -0.1) is 0 Å². The first-order chi connectivity index (χ1) is 6.84. The molecule has 3 heteroatoms. The van der Waals surface area contributed by atoms with Gasteiger partial charge in [0.1, 0.15) is 5.76 Å². The molecule has 0 amide bonds. The van der Waals surface area contributed by atoms with Gasteiger partial charge in [-0.25, -0.2) is 0 Å². The summed E-state index contributed by atoms with van der Waals surface area (Å²) < 4.78 is 5.38. The molecule has 2 N–H and O–H groups in total. The van der Waals surface area contributed by atoms with E-state index in [1.54, 1.807) is 6.08 Å². The van der Waals surface area contributed by atoms with Crippen LogP contribution in [-0.2, 0) is 4.74 Å². The Balaban J connectivity index is 2.03. The van der Waals surface area contributed by atoms with Crippen LogP contribution in [0.2, 0.25) is 0 Å². The van der Waals surface area contributed by atoms with Crippen molar-refractivity contribution in [1.82, 2.24) is 5.32 Å². The molecule has 2 unspecified atom stereocenters. The molecule has 3 nitrogen and oxygen atoms in total. The third kappa shape index (κ3) is 1.13. The molecule has 14 heavy (non-hydrogen) atoms. The van der Waals surface area contributed by atoms with Gasteiger partial charge in [0.2, 0.25) is 0 Å². The quantitative estimate of drug-likeness (QED) is 0.601. The van der Waals surface area contributed by atoms with Crippen LogP contribution in [0.4, 0.5) is 0 Å². The number of hydrogen-bond donors (Lipinski definition) is 2. The van der Waals surface area contributed by atoms with Crippen LogP contribution in [0, 0.1) is 0 Å². The van der Waals surface area contributed by atoms with Crippen LogP contribution in [0.15, 0.2) is 35.1 Å². The summed E-state index contributed by atoms with van der Waals surface area (Å²) >= 11 is 0. The smallest absolute Gasteiger partial charge is 0.120 e. The molecule has 74 valence electrons. The van der Waals surface area contributed by atoms with Gasteiger partial charge in [0.15, 0.2) is 0 Å². The van der Waals surface area contributed by atoms with Crippen molar-refractivity contribution in [2.45, 2.75) is 18.5 Å². The molecule has 3 rings (SSSR count). The Kier molecular flexibility index (Phi) is 1.75. The zero-order valence-corrected chi connectivity index (χ0v) is 7.86. The summed E-state index contributed by atoms with van der Waals surface area (Å²) in [5, 5.41) is 13.2. The number of nitrogens with one attached hydrogen (secondary N) is 1. The molecule has 0 bridgehead atoms. The van der Waals surface area contributed by atoms with Crippen LogP contribution in [-0.4, -0.2) is 30.4 Å². The average Bonchev–Trinajstić information content (AvgIpc) is 2.62.